The van der Waals surface area contributed by atoms with Gasteiger partial charge < -0.3 is 15.5 Å². The topological polar surface area (TPSA) is 61.4 Å². The van der Waals surface area contributed by atoms with Gasteiger partial charge in [-0.05, 0) is 42.7 Å². The second kappa shape index (κ2) is 9.44. The van der Waals surface area contributed by atoms with Gasteiger partial charge in [-0.2, -0.15) is 0 Å². The number of urea groups is 1. The third-order valence-corrected chi connectivity index (χ3v) is 4.37. The number of carbonyl (C=O) groups excluding carboxylic acids is 2. The number of anilines is 1. The summed E-state index contributed by atoms with van der Waals surface area (Å²) < 4.78 is 0. The van der Waals surface area contributed by atoms with Gasteiger partial charge in [0.2, 0.25) is 5.91 Å². The van der Waals surface area contributed by atoms with Crippen molar-refractivity contribution < 1.29 is 9.59 Å². The van der Waals surface area contributed by atoms with Gasteiger partial charge in [0, 0.05) is 30.8 Å². The molecule has 0 radical (unpaired) electrons. The minimum atomic E-state index is -0.243. The number of nitrogens with zero attached hydrogens (tertiary/aromatic N) is 1. The molecule has 0 spiro atoms. The molecular formula is C22H23N3O2. The number of benzene rings is 2. The highest BCUT2D eigenvalue weighted by Gasteiger charge is 2.19. The quantitative estimate of drug-likeness (QED) is 0.822. The average Bonchev–Trinajstić information content (AvgIpc) is 2.71. The number of hydrogen-bond donors (Lipinski definition) is 2. The Bertz CT molecular complexity index is 835. The molecule has 3 amide bonds. The fourth-order valence-electron chi connectivity index (χ4n) is 2.92. The van der Waals surface area contributed by atoms with Gasteiger partial charge in [0.15, 0.2) is 0 Å². The van der Waals surface area contributed by atoms with Crippen LogP contribution >= 0.6 is 0 Å². The van der Waals surface area contributed by atoms with Crippen LogP contribution in [-0.2, 0) is 11.3 Å². The molecule has 0 atom stereocenters. The summed E-state index contributed by atoms with van der Waals surface area (Å²) in [5.74, 6) is 6.14. The summed E-state index contributed by atoms with van der Waals surface area (Å²) in [6.07, 6.45) is 2.65. The van der Waals surface area contributed by atoms with Crippen LogP contribution in [0.25, 0.3) is 0 Å². The molecule has 5 heteroatoms. The summed E-state index contributed by atoms with van der Waals surface area (Å²) in [6.45, 7) is 1.54. The lowest BCUT2D eigenvalue weighted by Gasteiger charge is -2.26. The van der Waals surface area contributed by atoms with Crippen LogP contribution in [0.1, 0.15) is 30.4 Å². The highest BCUT2D eigenvalue weighted by molar-refractivity contribution is 5.94. The smallest absolute Gasteiger partial charge is 0.315 e. The summed E-state index contributed by atoms with van der Waals surface area (Å²) in [5, 5.41) is 5.51. The zero-order valence-electron chi connectivity index (χ0n) is 15.2. The monoisotopic (exact) mass is 361 g/mol. The second-order valence-electron chi connectivity index (χ2n) is 6.37. The van der Waals surface area contributed by atoms with E-state index in [1.807, 2.05) is 59.5 Å². The molecule has 27 heavy (non-hydrogen) atoms. The molecule has 1 heterocycles. The van der Waals surface area contributed by atoms with Crippen molar-refractivity contribution in [3.63, 3.8) is 0 Å². The predicted octanol–water partition coefficient (Wildman–Crippen LogP) is 3.05. The van der Waals surface area contributed by atoms with Crippen LogP contribution in [0.4, 0.5) is 10.5 Å². The lowest BCUT2D eigenvalue weighted by molar-refractivity contribution is -0.119. The van der Waals surface area contributed by atoms with Crippen molar-refractivity contribution >= 4 is 17.6 Å². The molecule has 1 fully saturated rings. The SMILES string of the molecule is O=C(NCC#Cc1ccc(N2CCCCC2=O)cc1)NCc1ccccc1. The summed E-state index contributed by atoms with van der Waals surface area (Å²) >= 11 is 0. The van der Waals surface area contributed by atoms with Gasteiger partial charge in [-0.25, -0.2) is 4.79 Å². The van der Waals surface area contributed by atoms with Crippen molar-refractivity contribution in [2.24, 2.45) is 0 Å². The Hall–Kier alpha value is -3.26. The molecule has 1 saturated heterocycles. The lowest BCUT2D eigenvalue weighted by atomic mass is 10.1. The minimum Gasteiger partial charge on any atom is -0.334 e. The number of amides is 3. The van der Waals surface area contributed by atoms with Gasteiger partial charge in [0.1, 0.15) is 0 Å². The Balaban J connectivity index is 1.44. The first-order valence-corrected chi connectivity index (χ1v) is 9.17. The van der Waals surface area contributed by atoms with Gasteiger partial charge in [0.25, 0.3) is 0 Å². The minimum absolute atomic E-state index is 0.186. The molecule has 0 saturated carbocycles. The molecule has 2 aromatic carbocycles. The summed E-state index contributed by atoms with van der Waals surface area (Å²) in [4.78, 5) is 25.5. The van der Waals surface area contributed by atoms with Crippen LogP contribution in [0.5, 0.6) is 0 Å². The fourth-order valence-corrected chi connectivity index (χ4v) is 2.92. The summed E-state index contributed by atoms with van der Waals surface area (Å²) in [6, 6.07) is 17.1. The van der Waals surface area contributed by atoms with Gasteiger partial charge >= 0.3 is 6.03 Å². The number of carbonyl (C=O) groups is 2. The van der Waals surface area contributed by atoms with E-state index < -0.39 is 0 Å². The van der Waals surface area contributed by atoms with E-state index in [0.29, 0.717) is 13.0 Å². The van der Waals surface area contributed by atoms with Crippen molar-refractivity contribution in [3.8, 4) is 11.8 Å². The van der Waals surface area contributed by atoms with E-state index in [1.54, 1.807) is 0 Å². The second-order valence-corrected chi connectivity index (χ2v) is 6.37. The molecule has 2 aromatic rings. The van der Waals surface area contributed by atoms with Crippen LogP contribution in [-0.4, -0.2) is 25.0 Å². The van der Waals surface area contributed by atoms with E-state index in [4.69, 9.17) is 0 Å². The number of rotatable bonds is 4. The van der Waals surface area contributed by atoms with E-state index >= 15 is 0 Å². The Morgan fingerprint density at radius 1 is 1.00 bits per heavy atom. The third kappa shape index (κ3) is 5.61. The van der Waals surface area contributed by atoms with Crippen LogP contribution in [0, 0.1) is 11.8 Å². The molecule has 0 unspecified atom stereocenters. The molecule has 0 aliphatic carbocycles. The maximum absolute atomic E-state index is 12.0. The highest BCUT2D eigenvalue weighted by atomic mass is 16.2. The maximum Gasteiger partial charge on any atom is 0.315 e. The zero-order chi connectivity index (χ0) is 18.9. The average molecular weight is 361 g/mol. The van der Waals surface area contributed by atoms with Crippen molar-refractivity contribution in [1.82, 2.24) is 10.6 Å². The Labute approximate surface area is 159 Å². The summed E-state index contributed by atoms with van der Waals surface area (Å²) in [7, 11) is 0. The molecule has 2 N–H and O–H groups in total. The first-order valence-electron chi connectivity index (χ1n) is 9.17. The molecule has 3 rings (SSSR count). The third-order valence-electron chi connectivity index (χ3n) is 4.37. The van der Waals surface area contributed by atoms with Crippen LogP contribution in [0.2, 0.25) is 0 Å². The van der Waals surface area contributed by atoms with E-state index in [2.05, 4.69) is 22.5 Å². The van der Waals surface area contributed by atoms with Crippen LogP contribution in [0.15, 0.2) is 54.6 Å². The van der Waals surface area contributed by atoms with E-state index in [-0.39, 0.29) is 18.5 Å². The van der Waals surface area contributed by atoms with Gasteiger partial charge in [-0.1, -0.05) is 42.2 Å². The first kappa shape index (κ1) is 18.5. The van der Waals surface area contributed by atoms with Gasteiger partial charge in [-0.3, -0.25) is 4.79 Å². The number of hydrogen-bond acceptors (Lipinski definition) is 2. The van der Waals surface area contributed by atoms with Crippen molar-refractivity contribution in [2.45, 2.75) is 25.8 Å². The molecule has 0 aromatic heterocycles. The molecule has 0 bridgehead atoms. The number of piperidine rings is 1. The number of nitrogens with one attached hydrogen (secondary N) is 2. The van der Waals surface area contributed by atoms with E-state index in [1.165, 1.54) is 0 Å². The largest absolute Gasteiger partial charge is 0.334 e. The van der Waals surface area contributed by atoms with E-state index in [9.17, 15) is 9.59 Å². The molecular weight excluding hydrogens is 338 g/mol. The Morgan fingerprint density at radius 2 is 1.78 bits per heavy atom. The van der Waals surface area contributed by atoms with Gasteiger partial charge in [0.05, 0.1) is 6.54 Å². The molecule has 1 aliphatic heterocycles. The highest BCUT2D eigenvalue weighted by Crippen LogP contribution is 2.20. The van der Waals surface area contributed by atoms with Crippen LogP contribution in [0.3, 0.4) is 0 Å². The predicted molar refractivity (Wildman–Crippen MR) is 106 cm³/mol. The lowest BCUT2D eigenvalue weighted by Crippen LogP contribution is -2.35. The molecule has 138 valence electrons. The van der Waals surface area contributed by atoms with Crippen molar-refractivity contribution in [3.05, 3.63) is 65.7 Å². The standard InChI is InChI=1S/C22H23N3O2/c26-21-10-4-5-16-25(21)20-13-11-18(12-14-20)9-6-15-23-22(27)24-17-19-7-2-1-3-8-19/h1-3,7-8,11-14H,4-5,10,15-17H2,(H2,23,24,27). The first-order chi connectivity index (χ1) is 13.2. The van der Waals surface area contributed by atoms with Crippen molar-refractivity contribution in [2.75, 3.05) is 18.0 Å². The van der Waals surface area contributed by atoms with Crippen molar-refractivity contribution in [1.29, 1.82) is 0 Å². The Morgan fingerprint density at radius 3 is 2.52 bits per heavy atom. The normalized spacial score (nSPS) is 13.5. The zero-order valence-corrected chi connectivity index (χ0v) is 15.2. The fraction of sp³-hybridized carbons (Fsp3) is 0.273. The summed E-state index contributed by atoms with van der Waals surface area (Å²) in [5.41, 5.74) is 2.82. The van der Waals surface area contributed by atoms with Gasteiger partial charge in [-0.15, -0.1) is 0 Å². The molecule has 5 nitrogen and oxygen atoms in total. The maximum atomic E-state index is 12.0. The Kier molecular flexibility index (Phi) is 6.48. The van der Waals surface area contributed by atoms with E-state index in [0.717, 1.165) is 36.2 Å². The van der Waals surface area contributed by atoms with Crippen LogP contribution < -0.4 is 15.5 Å². The molecule has 1 aliphatic rings.